The molecule has 0 unspecified atom stereocenters. The molecule has 2 aromatic heterocycles. The van der Waals surface area contributed by atoms with Gasteiger partial charge in [0.15, 0.2) is 11.3 Å². The van der Waals surface area contributed by atoms with E-state index in [-0.39, 0.29) is 17.6 Å². The van der Waals surface area contributed by atoms with Crippen LogP contribution in [0.5, 0.6) is 0 Å². The van der Waals surface area contributed by atoms with E-state index < -0.39 is 18.2 Å². The Kier molecular flexibility index (Phi) is 4.37. The van der Waals surface area contributed by atoms with Crippen LogP contribution in [0.4, 0.5) is 19.0 Å². The second-order valence-corrected chi connectivity index (χ2v) is 8.12. The Labute approximate surface area is 149 Å². The minimum Gasteiger partial charge on any atom is -0.388 e. The summed E-state index contributed by atoms with van der Waals surface area (Å²) < 4.78 is 37.5. The Morgan fingerprint density at radius 1 is 1.15 bits per heavy atom. The zero-order valence-corrected chi connectivity index (χ0v) is 15.3. The summed E-state index contributed by atoms with van der Waals surface area (Å²) in [5.74, 6) is 1.05. The van der Waals surface area contributed by atoms with Crippen molar-refractivity contribution in [1.82, 2.24) is 25.0 Å². The van der Waals surface area contributed by atoms with Gasteiger partial charge in [-0.15, -0.1) is 10.2 Å². The highest BCUT2D eigenvalue weighted by Crippen LogP contribution is 2.31. The van der Waals surface area contributed by atoms with E-state index in [1.165, 1.54) is 0 Å². The Hall–Kier alpha value is -1.97. The molecule has 7 nitrogen and oxygen atoms in total. The van der Waals surface area contributed by atoms with Gasteiger partial charge >= 0.3 is 6.18 Å². The van der Waals surface area contributed by atoms with Crippen LogP contribution in [-0.2, 0) is 12.0 Å². The van der Waals surface area contributed by atoms with Crippen LogP contribution in [0.3, 0.4) is 0 Å². The zero-order valence-electron chi connectivity index (χ0n) is 15.3. The van der Waals surface area contributed by atoms with E-state index in [2.05, 4.69) is 20.2 Å². The lowest BCUT2D eigenvalue weighted by atomic mass is 9.96. The molecule has 0 aromatic carbocycles. The summed E-state index contributed by atoms with van der Waals surface area (Å²) in [6.45, 7) is 8.18. The van der Waals surface area contributed by atoms with E-state index in [0.29, 0.717) is 36.7 Å². The number of fused-ring (bicyclic) bond motifs is 1. The second kappa shape index (κ2) is 6.04. The van der Waals surface area contributed by atoms with Crippen molar-refractivity contribution in [3.05, 3.63) is 5.82 Å². The zero-order chi connectivity index (χ0) is 19.3. The van der Waals surface area contributed by atoms with Gasteiger partial charge in [-0.1, -0.05) is 20.8 Å². The number of halogens is 3. The first-order chi connectivity index (χ1) is 11.8. The number of nitrogens with zero attached hydrogens (tertiary/aromatic N) is 6. The van der Waals surface area contributed by atoms with Gasteiger partial charge in [0.25, 0.3) is 0 Å². The molecule has 1 saturated heterocycles. The minimum absolute atomic E-state index is 0.272. The number of aliphatic hydroxyl groups is 1. The van der Waals surface area contributed by atoms with E-state index >= 15 is 0 Å². The number of anilines is 1. The molecular weight excluding hydrogens is 349 g/mol. The third kappa shape index (κ3) is 4.05. The molecule has 0 amide bonds. The van der Waals surface area contributed by atoms with Gasteiger partial charge < -0.3 is 10.0 Å². The molecule has 2 aromatic rings. The minimum atomic E-state index is -4.28. The molecule has 3 heterocycles. The van der Waals surface area contributed by atoms with E-state index in [4.69, 9.17) is 0 Å². The van der Waals surface area contributed by atoms with Crippen LogP contribution in [0.15, 0.2) is 0 Å². The average Bonchev–Trinajstić information content (AvgIpc) is 3.05. The molecule has 1 N–H and O–H groups in total. The number of rotatable bonds is 3. The van der Waals surface area contributed by atoms with Crippen molar-refractivity contribution in [1.29, 1.82) is 0 Å². The van der Waals surface area contributed by atoms with Crippen molar-refractivity contribution in [3.63, 3.8) is 0 Å². The quantitative estimate of drug-likeness (QED) is 0.891. The Morgan fingerprint density at radius 3 is 2.38 bits per heavy atom. The van der Waals surface area contributed by atoms with Gasteiger partial charge in [0.1, 0.15) is 5.82 Å². The van der Waals surface area contributed by atoms with Gasteiger partial charge in [0, 0.05) is 18.5 Å². The maximum Gasteiger partial charge on any atom is 0.390 e. The first-order valence-electron chi connectivity index (χ1n) is 8.52. The van der Waals surface area contributed by atoms with Crippen LogP contribution in [0.1, 0.15) is 46.4 Å². The lowest BCUT2D eigenvalue weighted by molar-refractivity contribution is -0.137. The van der Waals surface area contributed by atoms with E-state index in [9.17, 15) is 18.3 Å². The van der Waals surface area contributed by atoms with Crippen molar-refractivity contribution in [2.24, 2.45) is 0 Å². The van der Waals surface area contributed by atoms with Crippen LogP contribution in [0.25, 0.3) is 11.2 Å². The van der Waals surface area contributed by atoms with Crippen LogP contribution in [0.2, 0.25) is 0 Å². The Bertz CT molecular complexity index is 809. The predicted octanol–water partition coefficient (Wildman–Crippen LogP) is 2.43. The normalized spacial score (nSPS) is 21.8. The molecule has 3 rings (SSSR count). The van der Waals surface area contributed by atoms with Gasteiger partial charge in [-0.05, 0) is 13.3 Å². The first kappa shape index (κ1) is 18.8. The lowest BCUT2D eigenvalue weighted by Crippen LogP contribution is -2.31. The number of aromatic nitrogens is 5. The number of hydrogen-bond acceptors (Lipinski definition) is 6. The van der Waals surface area contributed by atoms with E-state index in [0.717, 1.165) is 4.80 Å². The molecule has 0 aliphatic carbocycles. The van der Waals surface area contributed by atoms with Gasteiger partial charge in [0.2, 0.25) is 5.65 Å². The standard InChI is InChI=1S/C16H23F3N6O/c1-14(2,3)13-20-11-10(22-25(23-11)8-6-16(17,18)19)12(21-13)24-7-5-15(4,26)9-24/h26H,5-9H2,1-4H3/t15-/m0/s1. The molecule has 1 aliphatic heterocycles. The fourth-order valence-electron chi connectivity index (χ4n) is 2.85. The fourth-order valence-corrected chi connectivity index (χ4v) is 2.85. The number of alkyl halides is 3. The molecule has 0 radical (unpaired) electrons. The summed E-state index contributed by atoms with van der Waals surface area (Å²) in [6, 6.07) is 0. The Morgan fingerprint density at radius 2 is 1.85 bits per heavy atom. The molecule has 1 aliphatic rings. The Balaban J connectivity index is 2.04. The number of aryl methyl sites for hydroxylation is 1. The van der Waals surface area contributed by atoms with Crippen molar-refractivity contribution < 1.29 is 18.3 Å². The van der Waals surface area contributed by atoms with Gasteiger partial charge in [-0.25, -0.2) is 9.97 Å². The van der Waals surface area contributed by atoms with Crippen LogP contribution in [-0.4, -0.2) is 54.9 Å². The van der Waals surface area contributed by atoms with Crippen molar-refractivity contribution in [2.45, 2.75) is 64.3 Å². The molecule has 10 heteroatoms. The highest BCUT2D eigenvalue weighted by atomic mass is 19.4. The average molecular weight is 372 g/mol. The van der Waals surface area contributed by atoms with Crippen LogP contribution in [0, 0.1) is 0 Å². The lowest BCUT2D eigenvalue weighted by Gasteiger charge is -2.22. The second-order valence-electron chi connectivity index (χ2n) is 8.12. The van der Waals surface area contributed by atoms with Gasteiger partial charge in [0.05, 0.1) is 18.6 Å². The molecule has 144 valence electrons. The third-order valence-electron chi connectivity index (χ3n) is 4.29. The monoisotopic (exact) mass is 372 g/mol. The predicted molar refractivity (Wildman–Crippen MR) is 89.9 cm³/mol. The highest BCUT2D eigenvalue weighted by Gasteiger charge is 2.35. The largest absolute Gasteiger partial charge is 0.390 e. The first-order valence-corrected chi connectivity index (χ1v) is 8.52. The SMILES string of the molecule is CC(C)(C)c1nc(N2CC[C@](C)(O)C2)c2nn(CCC(F)(F)F)nc2n1. The smallest absolute Gasteiger partial charge is 0.388 e. The molecule has 1 fully saturated rings. The molecule has 0 bridgehead atoms. The van der Waals surface area contributed by atoms with Crippen LogP contribution >= 0.6 is 0 Å². The molecule has 1 atom stereocenters. The third-order valence-corrected chi connectivity index (χ3v) is 4.29. The number of hydrogen-bond donors (Lipinski definition) is 1. The fraction of sp³-hybridized carbons (Fsp3) is 0.750. The van der Waals surface area contributed by atoms with Crippen molar-refractivity contribution in [2.75, 3.05) is 18.0 Å². The number of β-amino-alcohol motifs (C(OH)–C–C–N with tert-alkyl or cyclic N) is 1. The highest BCUT2D eigenvalue weighted by molar-refractivity contribution is 5.82. The summed E-state index contributed by atoms with van der Waals surface area (Å²) in [5.41, 5.74) is -0.571. The van der Waals surface area contributed by atoms with Crippen molar-refractivity contribution in [3.8, 4) is 0 Å². The van der Waals surface area contributed by atoms with Gasteiger partial charge in [-0.3, -0.25) is 0 Å². The molecular formula is C16H23F3N6O. The summed E-state index contributed by atoms with van der Waals surface area (Å²) in [5, 5.41) is 18.6. The van der Waals surface area contributed by atoms with E-state index in [1.54, 1.807) is 6.92 Å². The summed E-state index contributed by atoms with van der Waals surface area (Å²) in [7, 11) is 0. The van der Waals surface area contributed by atoms with E-state index in [1.807, 2.05) is 25.7 Å². The summed E-state index contributed by atoms with van der Waals surface area (Å²) >= 11 is 0. The van der Waals surface area contributed by atoms with Crippen molar-refractivity contribution >= 4 is 17.0 Å². The topological polar surface area (TPSA) is 80.0 Å². The van der Waals surface area contributed by atoms with Crippen LogP contribution < -0.4 is 4.90 Å². The maximum absolute atomic E-state index is 12.5. The maximum atomic E-state index is 12.5. The molecule has 0 spiro atoms. The molecule has 26 heavy (non-hydrogen) atoms. The molecule has 0 saturated carbocycles. The van der Waals surface area contributed by atoms with Gasteiger partial charge in [-0.2, -0.15) is 18.0 Å². The summed E-state index contributed by atoms with van der Waals surface area (Å²) in [6.07, 6.45) is -4.72. The summed E-state index contributed by atoms with van der Waals surface area (Å²) in [4.78, 5) is 11.9.